The fourth-order valence-corrected chi connectivity index (χ4v) is 1.98. The molecule has 0 aliphatic rings. The lowest BCUT2D eigenvalue weighted by Gasteiger charge is -2.10. The molecule has 98 valence electrons. The molecule has 0 saturated carbocycles. The van der Waals surface area contributed by atoms with E-state index in [1.165, 1.54) is 7.11 Å². The second-order valence-electron chi connectivity index (χ2n) is 4.23. The molecule has 0 atom stereocenters. The van der Waals surface area contributed by atoms with Crippen molar-refractivity contribution >= 4 is 19.4 Å². The van der Waals surface area contributed by atoms with Gasteiger partial charge >= 0.3 is 5.97 Å². The summed E-state index contributed by atoms with van der Waals surface area (Å²) in [4.78, 5) is 11.2. The Morgan fingerprint density at radius 1 is 1.22 bits per heavy atom. The van der Waals surface area contributed by atoms with Crippen molar-refractivity contribution in [3.05, 3.63) is 35.4 Å². The highest BCUT2D eigenvalue weighted by molar-refractivity contribution is 7.57. The van der Waals surface area contributed by atoms with Crippen LogP contribution in [0, 0.1) is 0 Å². The van der Waals surface area contributed by atoms with E-state index in [0.29, 0.717) is 11.3 Å². The molecule has 0 aromatic heterocycles. The summed E-state index contributed by atoms with van der Waals surface area (Å²) >= 11 is 0. The topological polar surface area (TPSA) is 52.6 Å². The Labute approximate surface area is 107 Å². The molecule has 0 bridgehead atoms. The molecule has 0 N–H and O–H groups in total. The van der Waals surface area contributed by atoms with Crippen LogP contribution in [0.2, 0.25) is 0 Å². The lowest BCUT2D eigenvalue weighted by molar-refractivity contribution is -0.135. The molecular weight excluding hydrogens is 251 g/mol. The lowest BCUT2D eigenvalue weighted by Crippen LogP contribution is -2.00. The number of rotatable bonds is 4. The van der Waals surface area contributed by atoms with Gasteiger partial charge in [0.2, 0.25) is 7.37 Å². The molecule has 0 amide bonds. The summed E-state index contributed by atoms with van der Waals surface area (Å²) < 4.78 is 21.4. The van der Waals surface area contributed by atoms with Gasteiger partial charge in [0.25, 0.3) is 0 Å². The number of carbonyl (C=O) groups is 1. The van der Waals surface area contributed by atoms with Crippen molar-refractivity contribution in [2.24, 2.45) is 0 Å². The molecule has 1 rings (SSSR count). The number of benzene rings is 1. The van der Waals surface area contributed by atoms with Gasteiger partial charge in [-0.2, -0.15) is 0 Å². The predicted molar refractivity (Wildman–Crippen MR) is 72.2 cm³/mol. The van der Waals surface area contributed by atoms with Crippen LogP contribution in [0.5, 0.6) is 5.75 Å². The summed E-state index contributed by atoms with van der Waals surface area (Å²) in [7, 11) is -1.20. The van der Waals surface area contributed by atoms with Crippen molar-refractivity contribution in [1.82, 2.24) is 0 Å². The Morgan fingerprint density at radius 3 is 2.22 bits per heavy atom. The van der Waals surface area contributed by atoms with Crippen molar-refractivity contribution in [3.63, 3.8) is 0 Å². The molecule has 1 aromatic rings. The molecule has 0 aliphatic heterocycles. The first-order valence-corrected chi connectivity index (χ1v) is 7.95. The summed E-state index contributed by atoms with van der Waals surface area (Å²) in [5.41, 5.74) is 1.37. The van der Waals surface area contributed by atoms with Crippen molar-refractivity contribution in [1.29, 1.82) is 0 Å². The Bertz CT molecular complexity index is 496. The molecular formula is C13H17O4P. The number of ether oxygens (including phenoxy) is 1. The average Bonchev–Trinajstić information content (AvgIpc) is 2.28. The van der Waals surface area contributed by atoms with Crippen LogP contribution in [0.15, 0.2) is 29.8 Å². The SMILES string of the molecule is COC(=O)/C(C)=C/c1ccc(OP(C)(C)=O)cc1. The van der Waals surface area contributed by atoms with Crippen molar-refractivity contribution in [2.75, 3.05) is 20.4 Å². The van der Waals surface area contributed by atoms with Crippen LogP contribution in [-0.4, -0.2) is 26.4 Å². The quantitative estimate of drug-likeness (QED) is 0.478. The predicted octanol–water partition coefficient (Wildman–Crippen LogP) is 3.18. The molecule has 0 radical (unpaired) electrons. The van der Waals surface area contributed by atoms with Gasteiger partial charge in [-0.3, -0.25) is 4.57 Å². The van der Waals surface area contributed by atoms with Crippen molar-refractivity contribution < 1.29 is 18.6 Å². The number of hydrogen-bond acceptors (Lipinski definition) is 4. The van der Waals surface area contributed by atoms with Gasteiger partial charge in [-0.05, 0) is 30.7 Å². The van der Waals surface area contributed by atoms with E-state index >= 15 is 0 Å². The molecule has 4 nitrogen and oxygen atoms in total. The largest absolute Gasteiger partial charge is 0.466 e. The normalized spacial score (nSPS) is 12.1. The zero-order valence-electron chi connectivity index (χ0n) is 11.0. The third kappa shape index (κ3) is 4.76. The zero-order chi connectivity index (χ0) is 13.8. The second kappa shape index (κ2) is 5.87. The first-order chi connectivity index (χ1) is 8.31. The van der Waals surface area contributed by atoms with Gasteiger partial charge in [0.05, 0.1) is 7.11 Å². The van der Waals surface area contributed by atoms with E-state index in [-0.39, 0.29) is 5.97 Å². The molecule has 0 aliphatic carbocycles. The average molecular weight is 268 g/mol. The summed E-state index contributed by atoms with van der Waals surface area (Å²) in [6.07, 6.45) is 1.72. The van der Waals surface area contributed by atoms with E-state index in [4.69, 9.17) is 4.52 Å². The maximum absolute atomic E-state index is 11.5. The Hall–Kier alpha value is -1.54. The third-order valence-corrected chi connectivity index (χ3v) is 2.75. The molecule has 0 unspecified atom stereocenters. The summed E-state index contributed by atoms with van der Waals surface area (Å²) in [5, 5.41) is 0. The minimum Gasteiger partial charge on any atom is -0.466 e. The molecule has 18 heavy (non-hydrogen) atoms. The fraction of sp³-hybridized carbons (Fsp3) is 0.308. The van der Waals surface area contributed by atoms with Crippen LogP contribution in [0.25, 0.3) is 6.08 Å². The molecule has 1 aromatic carbocycles. The van der Waals surface area contributed by atoms with E-state index in [0.717, 1.165) is 5.56 Å². The number of hydrogen-bond donors (Lipinski definition) is 0. The standard InChI is InChI=1S/C13H17O4P/c1-10(13(14)16-2)9-11-5-7-12(8-6-11)17-18(3,4)15/h5-9H,1-4H3/b10-9+. The van der Waals surface area contributed by atoms with Crippen molar-refractivity contribution in [3.8, 4) is 5.75 Å². The molecule has 0 spiro atoms. The molecule has 5 heteroatoms. The number of methoxy groups -OCH3 is 1. The smallest absolute Gasteiger partial charge is 0.333 e. The van der Waals surface area contributed by atoms with Gasteiger partial charge in [-0.1, -0.05) is 12.1 Å². The van der Waals surface area contributed by atoms with Crippen molar-refractivity contribution in [2.45, 2.75) is 6.92 Å². The van der Waals surface area contributed by atoms with Crippen LogP contribution < -0.4 is 4.52 Å². The van der Waals surface area contributed by atoms with E-state index in [9.17, 15) is 9.36 Å². The van der Waals surface area contributed by atoms with Crippen LogP contribution >= 0.6 is 7.37 Å². The molecule has 0 heterocycles. The summed E-state index contributed by atoms with van der Waals surface area (Å²) in [6.45, 7) is 4.80. The van der Waals surface area contributed by atoms with Crippen LogP contribution in [-0.2, 0) is 14.1 Å². The maximum atomic E-state index is 11.5. The first-order valence-electron chi connectivity index (χ1n) is 5.43. The Balaban J connectivity index is 2.84. The van der Waals surface area contributed by atoms with Crippen LogP contribution in [0.3, 0.4) is 0 Å². The first kappa shape index (κ1) is 14.5. The Morgan fingerprint density at radius 2 is 1.78 bits per heavy atom. The third-order valence-electron chi connectivity index (χ3n) is 2.10. The van der Waals surface area contributed by atoms with Gasteiger partial charge in [0, 0.05) is 18.9 Å². The van der Waals surface area contributed by atoms with Crippen LogP contribution in [0.1, 0.15) is 12.5 Å². The van der Waals surface area contributed by atoms with E-state index in [1.54, 1.807) is 50.6 Å². The van der Waals surface area contributed by atoms with Gasteiger partial charge in [-0.15, -0.1) is 0 Å². The van der Waals surface area contributed by atoms with E-state index in [2.05, 4.69) is 4.74 Å². The van der Waals surface area contributed by atoms with Gasteiger partial charge in [0.15, 0.2) is 0 Å². The highest BCUT2D eigenvalue weighted by atomic mass is 31.2. The zero-order valence-corrected chi connectivity index (χ0v) is 11.9. The minimum atomic E-state index is -2.54. The van der Waals surface area contributed by atoms with Crippen LogP contribution in [0.4, 0.5) is 0 Å². The molecule has 0 saturated heterocycles. The van der Waals surface area contributed by atoms with Gasteiger partial charge in [0.1, 0.15) is 5.75 Å². The number of carbonyl (C=O) groups excluding carboxylic acids is 1. The fourth-order valence-electron chi connectivity index (χ4n) is 1.35. The highest BCUT2D eigenvalue weighted by Crippen LogP contribution is 2.38. The van der Waals surface area contributed by atoms with E-state index in [1.807, 2.05) is 0 Å². The monoisotopic (exact) mass is 268 g/mol. The Kier molecular flexibility index (Phi) is 4.74. The molecule has 0 fully saturated rings. The number of esters is 1. The highest BCUT2D eigenvalue weighted by Gasteiger charge is 2.08. The second-order valence-corrected chi connectivity index (χ2v) is 6.92. The van der Waals surface area contributed by atoms with Gasteiger partial charge in [-0.25, -0.2) is 4.79 Å². The minimum absolute atomic E-state index is 0.359. The summed E-state index contributed by atoms with van der Waals surface area (Å²) in [5.74, 6) is 0.193. The maximum Gasteiger partial charge on any atom is 0.333 e. The van der Waals surface area contributed by atoms with Gasteiger partial charge < -0.3 is 9.26 Å². The summed E-state index contributed by atoms with van der Waals surface area (Å²) in [6, 6.07) is 7.01. The lowest BCUT2D eigenvalue weighted by atomic mass is 10.1. The van der Waals surface area contributed by atoms with E-state index < -0.39 is 7.37 Å².